The van der Waals surface area contributed by atoms with Crippen LogP contribution in [0.5, 0.6) is 0 Å². The van der Waals surface area contributed by atoms with Crippen molar-refractivity contribution in [3.8, 4) is 0 Å². The van der Waals surface area contributed by atoms with Crippen LogP contribution in [0.25, 0.3) is 0 Å². The summed E-state index contributed by atoms with van der Waals surface area (Å²) in [6.45, 7) is 8.92. The average Bonchev–Trinajstić information content (AvgIpc) is 2.60. The van der Waals surface area contributed by atoms with E-state index in [-0.39, 0.29) is 0 Å². The number of allylic oxidation sites excluding steroid dienone is 3. The Kier molecular flexibility index (Phi) is 2.31. The molecule has 1 heteroatoms. The molecule has 0 saturated carbocycles. The highest BCUT2D eigenvalue weighted by Gasteiger charge is 2.23. The van der Waals surface area contributed by atoms with Gasteiger partial charge in [-0.15, -0.1) is 0 Å². The lowest BCUT2D eigenvalue weighted by atomic mass is 9.87. The van der Waals surface area contributed by atoms with Crippen molar-refractivity contribution in [1.82, 2.24) is 0 Å². The van der Waals surface area contributed by atoms with Crippen LogP contribution in [0.15, 0.2) is 22.9 Å². The standard InChI is InChI=1S/C11H19N/c1-8-5-10(8)9(7-12)6-11(2,3)4/h7H,5-6,12H2,1-4H3/b9-7+. The van der Waals surface area contributed by atoms with Crippen molar-refractivity contribution < 1.29 is 0 Å². The van der Waals surface area contributed by atoms with Crippen molar-refractivity contribution in [3.63, 3.8) is 0 Å². The largest absolute Gasteiger partial charge is 0.404 e. The Morgan fingerprint density at radius 2 is 2.00 bits per heavy atom. The molecular weight excluding hydrogens is 146 g/mol. The smallest absolute Gasteiger partial charge is 0.00266 e. The van der Waals surface area contributed by atoms with Gasteiger partial charge in [-0.3, -0.25) is 0 Å². The maximum absolute atomic E-state index is 5.59. The van der Waals surface area contributed by atoms with Crippen LogP contribution in [0, 0.1) is 5.41 Å². The minimum atomic E-state index is 0.348. The van der Waals surface area contributed by atoms with E-state index in [0.29, 0.717) is 5.41 Å². The van der Waals surface area contributed by atoms with Crippen molar-refractivity contribution in [2.75, 3.05) is 0 Å². The molecule has 68 valence electrons. The zero-order chi connectivity index (χ0) is 9.35. The van der Waals surface area contributed by atoms with Crippen LogP contribution in [-0.4, -0.2) is 0 Å². The lowest BCUT2D eigenvalue weighted by molar-refractivity contribution is 0.412. The Morgan fingerprint density at radius 1 is 1.50 bits per heavy atom. The van der Waals surface area contributed by atoms with Gasteiger partial charge in [0.1, 0.15) is 0 Å². The second-order valence-corrected chi connectivity index (χ2v) is 4.87. The predicted molar refractivity (Wildman–Crippen MR) is 53.7 cm³/mol. The van der Waals surface area contributed by atoms with Crippen LogP contribution in [0.3, 0.4) is 0 Å². The third-order valence-electron chi connectivity index (χ3n) is 2.14. The van der Waals surface area contributed by atoms with E-state index in [0.717, 1.165) is 6.42 Å². The van der Waals surface area contributed by atoms with Crippen molar-refractivity contribution in [1.29, 1.82) is 0 Å². The first-order chi connectivity index (χ1) is 5.44. The first kappa shape index (κ1) is 9.37. The monoisotopic (exact) mass is 165 g/mol. The quantitative estimate of drug-likeness (QED) is 0.668. The SMILES string of the molecule is CC1=C(/C(=C/N)CC(C)(C)C)C1. The molecule has 0 bridgehead atoms. The molecule has 0 unspecified atom stereocenters. The molecule has 0 radical (unpaired) electrons. The topological polar surface area (TPSA) is 26.0 Å². The molecule has 1 aliphatic carbocycles. The first-order valence-electron chi connectivity index (χ1n) is 4.54. The highest BCUT2D eigenvalue weighted by molar-refractivity contribution is 5.48. The van der Waals surface area contributed by atoms with Crippen molar-refractivity contribution in [2.45, 2.75) is 40.5 Å². The Balaban J connectivity index is 2.61. The van der Waals surface area contributed by atoms with Crippen LogP contribution < -0.4 is 5.73 Å². The molecule has 0 atom stereocenters. The maximum Gasteiger partial charge on any atom is -0.00266 e. The molecule has 1 nitrogen and oxygen atoms in total. The summed E-state index contributed by atoms with van der Waals surface area (Å²) in [5.41, 5.74) is 10.3. The number of rotatable bonds is 2. The van der Waals surface area contributed by atoms with Gasteiger partial charge < -0.3 is 5.73 Å². The first-order valence-corrected chi connectivity index (χ1v) is 4.54. The van der Waals surface area contributed by atoms with Crippen molar-refractivity contribution in [3.05, 3.63) is 22.9 Å². The summed E-state index contributed by atoms with van der Waals surface area (Å²) in [7, 11) is 0. The Bertz CT molecular complexity index is 238. The van der Waals surface area contributed by atoms with Gasteiger partial charge in [-0.05, 0) is 42.5 Å². The molecule has 0 amide bonds. The van der Waals surface area contributed by atoms with Crippen LogP contribution in [0.2, 0.25) is 0 Å². The zero-order valence-electron chi connectivity index (χ0n) is 8.57. The van der Waals surface area contributed by atoms with Crippen LogP contribution in [0.1, 0.15) is 40.5 Å². The minimum absolute atomic E-state index is 0.348. The Labute approximate surface area is 75.3 Å². The van der Waals surface area contributed by atoms with E-state index in [1.807, 2.05) is 0 Å². The lowest BCUT2D eigenvalue weighted by Crippen LogP contribution is -2.07. The highest BCUT2D eigenvalue weighted by Crippen LogP contribution is 2.40. The van der Waals surface area contributed by atoms with Crippen LogP contribution >= 0.6 is 0 Å². The molecule has 0 fully saturated rings. The summed E-state index contributed by atoms with van der Waals surface area (Å²) in [4.78, 5) is 0. The lowest BCUT2D eigenvalue weighted by Gasteiger charge is -2.18. The normalized spacial score (nSPS) is 18.5. The zero-order valence-corrected chi connectivity index (χ0v) is 8.57. The molecular formula is C11H19N. The number of hydrogen-bond donors (Lipinski definition) is 1. The van der Waals surface area contributed by atoms with Gasteiger partial charge in [0.05, 0.1) is 0 Å². The number of nitrogens with two attached hydrogens (primary N) is 1. The molecule has 0 saturated heterocycles. The Hall–Kier alpha value is -0.720. The fourth-order valence-corrected chi connectivity index (χ4v) is 1.45. The molecule has 2 N–H and O–H groups in total. The van der Waals surface area contributed by atoms with E-state index in [1.165, 1.54) is 23.1 Å². The summed E-state index contributed by atoms with van der Waals surface area (Å²) in [6.07, 6.45) is 4.05. The second kappa shape index (κ2) is 2.96. The van der Waals surface area contributed by atoms with Gasteiger partial charge in [0.25, 0.3) is 0 Å². The van der Waals surface area contributed by atoms with Crippen molar-refractivity contribution >= 4 is 0 Å². The summed E-state index contributed by atoms with van der Waals surface area (Å²) < 4.78 is 0. The summed E-state index contributed by atoms with van der Waals surface area (Å²) in [6, 6.07) is 0. The molecule has 0 aromatic rings. The molecule has 0 aromatic heterocycles. The third kappa shape index (κ3) is 2.40. The van der Waals surface area contributed by atoms with Gasteiger partial charge in [-0.1, -0.05) is 26.3 Å². The van der Waals surface area contributed by atoms with Crippen LogP contribution in [0.4, 0.5) is 0 Å². The maximum atomic E-state index is 5.59. The van der Waals surface area contributed by atoms with Gasteiger partial charge >= 0.3 is 0 Å². The van der Waals surface area contributed by atoms with E-state index in [2.05, 4.69) is 27.7 Å². The Morgan fingerprint density at radius 3 is 2.25 bits per heavy atom. The molecule has 0 heterocycles. The fourth-order valence-electron chi connectivity index (χ4n) is 1.45. The van der Waals surface area contributed by atoms with Gasteiger partial charge in [-0.25, -0.2) is 0 Å². The predicted octanol–water partition coefficient (Wildman–Crippen LogP) is 2.99. The van der Waals surface area contributed by atoms with E-state index in [1.54, 1.807) is 6.20 Å². The van der Waals surface area contributed by atoms with E-state index < -0.39 is 0 Å². The van der Waals surface area contributed by atoms with Gasteiger partial charge in [0.15, 0.2) is 0 Å². The molecule has 12 heavy (non-hydrogen) atoms. The molecule has 0 aromatic carbocycles. The second-order valence-electron chi connectivity index (χ2n) is 4.87. The van der Waals surface area contributed by atoms with Gasteiger partial charge in [0.2, 0.25) is 0 Å². The summed E-state index contributed by atoms with van der Waals surface area (Å²) in [5.74, 6) is 0. The summed E-state index contributed by atoms with van der Waals surface area (Å²) in [5, 5.41) is 0. The molecule has 0 spiro atoms. The van der Waals surface area contributed by atoms with Crippen molar-refractivity contribution in [2.24, 2.45) is 11.1 Å². The van der Waals surface area contributed by atoms with Gasteiger partial charge in [0, 0.05) is 0 Å². The minimum Gasteiger partial charge on any atom is -0.404 e. The summed E-state index contributed by atoms with van der Waals surface area (Å²) >= 11 is 0. The van der Waals surface area contributed by atoms with Gasteiger partial charge in [-0.2, -0.15) is 0 Å². The van der Waals surface area contributed by atoms with E-state index in [4.69, 9.17) is 5.73 Å². The van der Waals surface area contributed by atoms with E-state index in [9.17, 15) is 0 Å². The number of hydrogen-bond acceptors (Lipinski definition) is 1. The third-order valence-corrected chi connectivity index (χ3v) is 2.14. The average molecular weight is 165 g/mol. The highest BCUT2D eigenvalue weighted by atomic mass is 14.5. The fraction of sp³-hybridized carbons (Fsp3) is 0.636. The van der Waals surface area contributed by atoms with Crippen LogP contribution in [-0.2, 0) is 0 Å². The molecule has 0 aliphatic heterocycles. The molecule has 1 aliphatic rings. The molecule has 1 rings (SSSR count). The van der Waals surface area contributed by atoms with E-state index >= 15 is 0 Å².